The number of aromatic nitrogens is 1. The molecule has 6 nitrogen and oxygen atoms in total. The molecular formula is C22H22ClN5O. The zero-order valence-electron chi connectivity index (χ0n) is 15.9. The first-order valence-corrected chi connectivity index (χ1v) is 9.86. The van der Waals surface area contributed by atoms with Crippen molar-refractivity contribution in [3.05, 3.63) is 77.4 Å². The van der Waals surface area contributed by atoms with Crippen LogP contribution >= 0.6 is 11.6 Å². The molecule has 7 heteroatoms. The van der Waals surface area contributed by atoms with Gasteiger partial charge in [-0.25, -0.2) is 4.98 Å². The molecule has 4 rings (SSSR count). The fourth-order valence-electron chi connectivity index (χ4n) is 3.42. The lowest BCUT2D eigenvalue weighted by molar-refractivity contribution is 0.0741. The number of anilines is 4. The molecule has 29 heavy (non-hydrogen) atoms. The summed E-state index contributed by atoms with van der Waals surface area (Å²) in [6.07, 6.45) is 0. The molecule has 0 saturated carbocycles. The van der Waals surface area contributed by atoms with Crippen LogP contribution in [0.25, 0.3) is 0 Å². The third kappa shape index (κ3) is 4.43. The molecule has 1 aliphatic rings. The lowest BCUT2D eigenvalue weighted by Crippen LogP contribution is -2.49. The Morgan fingerprint density at radius 2 is 1.66 bits per heavy atom. The van der Waals surface area contributed by atoms with E-state index < -0.39 is 0 Å². The molecule has 1 aliphatic heterocycles. The Kier molecular flexibility index (Phi) is 5.53. The van der Waals surface area contributed by atoms with Crippen molar-refractivity contribution in [3.8, 4) is 0 Å². The molecule has 1 saturated heterocycles. The van der Waals surface area contributed by atoms with E-state index in [0.29, 0.717) is 29.5 Å². The number of carbonyl (C=O) groups excluding carboxylic acids is 1. The van der Waals surface area contributed by atoms with Crippen LogP contribution in [0.15, 0.2) is 66.7 Å². The van der Waals surface area contributed by atoms with E-state index in [1.165, 1.54) is 5.69 Å². The van der Waals surface area contributed by atoms with Gasteiger partial charge in [-0.15, -0.1) is 0 Å². The minimum atomic E-state index is -0.118. The van der Waals surface area contributed by atoms with Crippen molar-refractivity contribution >= 4 is 40.4 Å². The molecule has 0 bridgehead atoms. The number of hydrogen-bond donors (Lipinski definition) is 2. The third-order valence-corrected chi connectivity index (χ3v) is 5.23. The van der Waals surface area contributed by atoms with E-state index in [1.54, 1.807) is 18.2 Å². The summed E-state index contributed by atoms with van der Waals surface area (Å²) < 4.78 is 0. The van der Waals surface area contributed by atoms with Crippen LogP contribution in [0.3, 0.4) is 0 Å². The molecule has 0 spiro atoms. The van der Waals surface area contributed by atoms with Crippen molar-refractivity contribution < 1.29 is 4.79 Å². The van der Waals surface area contributed by atoms with Gasteiger partial charge in [-0.2, -0.15) is 0 Å². The molecule has 0 atom stereocenters. The van der Waals surface area contributed by atoms with Gasteiger partial charge >= 0.3 is 0 Å². The van der Waals surface area contributed by atoms with Crippen molar-refractivity contribution in [3.63, 3.8) is 0 Å². The number of nitrogens with two attached hydrogens (primary N) is 1. The average Bonchev–Trinajstić information content (AvgIpc) is 2.75. The second kappa shape index (κ2) is 8.41. The molecule has 0 radical (unpaired) electrons. The van der Waals surface area contributed by atoms with Gasteiger partial charge in [0.05, 0.1) is 10.7 Å². The fourth-order valence-corrected chi connectivity index (χ4v) is 3.60. The third-order valence-electron chi connectivity index (χ3n) is 4.91. The van der Waals surface area contributed by atoms with Crippen LogP contribution in [0.2, 0.25) is 5.02 Å². The molecule has 3 N–H and O–H groups in total. The van der Waals surface area contributed by atoms with E-state index in [-0.39, 0.29) is 11.7 Å². The Balaban J connectivity index is 1.46. The predicted octanol–water partition coefficient (Wildman–Crippen LogP) is 4.02. The van der Waals surface area contributed by atoms with Crippen LogP contribution in [-0.4, -0.2) is 42.0 Å². The highest BCUT2D eigenvalue weighted by molar-refractivity contribution is 6.33. The summed E-state index contributed by atoms with van der Waals surface area (Å²) in [6.45, 7) is 2.83. The summed E-state index contributed by atoms with van der Waals surface area (Å²) in [4.78, 5) is 21.4. The fraction of sp³-hybridized carbons (Fsp3) is 0.182. The normalized spacial score (nSPS) is 14.0. The number of nitrogen functional groups attached to an aromatic ring is 1. The topological polar surface area (TPSA) is 74.5 Å². The Morgan fingerprint density at radius 1 is 0.966 bits per heavy atom. The first-order chi connectivity index (χ1) is 14.1. The molecule has 1 fully saturated rings. The summed E-state index contributed by atoms with van der Waals surface area (Å²) in [5, 5.41) is 3.80. The molecule has 0 aliphatic carbocycles. The lowest BCUT2D eigenvalue weighted by atomic mass is 10.2. The molecule has 0 unspecified atom stereocenters. The highest BCUT2D eigenvalue weighted by Crippen LogP contribution is 2.26. The zero-order valence-corrected chi connectivity index (χ0v) is 16.6. The van der Waals surface area contributed by atoms with E-state index in [4.69, 9.17) is 17.3 Å². The minimum Gasteiger partial charge on any atom is -0.384 e. The first-order valence-electron chi connectivity index (χ1n) is 9.48. The number of nitrogens with one attached hydrogen (secondary N) is 1. The molecule has 3 aromatic rings. The standard InChI is InChI=1S/C22H22ClN5O/c23-18-8-4-5-9-19(18)25-16-14-20(26-21(24)15-16)22(29)28-12-10-27(11-13-28)17-6-2-1-3-7-17/h1-9,14-15H,10-13H2,(H3,24,25,26). The quantitative estimate of drug-likeness (QED) is 0.683. The maximum atomic E-state index is 13.0. The first kappa shape index (κ1) is 19.1. The highest BCUT2D eigenvalue weighted by atomic mass is 35.5. The van der Waals surface area contributed by atoms with E-state index >= 15 is 0 Å². The van der Waals surface area contributed by atoms with E-state index in [0.717, 1.165) is 18.8 Å². The van der Waals surface area contributed by atoms with Gasteiger partial charge < -0.3 is 20.9 Å². The summed E-state index contributed by atoms with van der Waals surface area (Å²) in [6, 6.07) is 21.0. The molecule has 2 aromatic carbocycles. The summed E-state index contributed by atoms with van der Waals surface area (Å²) in [5.41, 5.74) is 8.88. The van der Waals surface area contributed by atoms with Crippen molar-refractivity contribution in [1.82, 2.24) is 9.88 Å². The van der Waals surface area contributed by atoms with Gasteiger partial charge in [-0.1, -0.05) is 41.9 Å². The van der Waals surface area contributed by atoms with Gasteiger partial charge in [0.15, 0.2) is 0 Å². The number of benzene rings is 2. The van der Waals surface area contributed by atoms with Crippen molar-refractivity contribution in [2.75, 3.05) is 42.1 Å². The number of rotatable bonds is 4. The van der Waals surface area contributed by atoms with Crippen molar-refractivity contribution in [2.24, 2.45) is 0 Å². The Hall–Kier alpha value is -3.25. The Morgan fingerprint density at radius 3 is 2.38 bits per heavy atom. The maximum absolute atomic E-state index is 13.0. The van der Waals surface area contributed by atoms with Gasteiger partial charge in [0.2, 0.25) is 0 Å². The van der Waals surface area contributed by atoms with E-state index in [1.807, 2.05) is 41.3 Å². The van der Waals surface area contributed by atoms with Crippen LogP contribution < -0.4 is 16.0 Å². The number of pyridine rings is 1. The van der Waals surface area contributed by atoms with Crippen molar-refractivity contribution in [1.29, 1.82) is 0 Å². The summed E-state index contributed by atoms with van der Waals surface area (Å²) >= 11 is 6.21. The Labute approximate surface area is 174 Å². The smallest absolute Gasteiger partial charge is 0.272 e. The average molecular weight is 408 g/mol. The lowest BCUT2D eigenvalue weighted by Gasteiger charge is -2.36. The van der Waals surface area contributed by atoms with Crippen LogP contribution in [0.4, 0.5) is 22.9 Å². The second-order valence-corrected chi connectivity index (χ2v) is 7.29. The predicted molar refractivity (Wildman–Crippen MR) is 118 cm³/mol. The summed E-state index contributed by atoms with van der Waals surface area (Å²) in [7, 11) is 0. The molecule has 1 aromatic heterocycles. The monoisotopic (exact) mass is 407 g/mol. The molecule has 1 amide bonds. The van der Waals surface area contributed by atoms with Gasteiger partial charge in [-0.3, -0.25) is 4.79 Å². The highest BCUT2D eigenvalue weighted by Gasteiger charge is 2.23. The van der Waals surface area contributed by atoms with Crippen LogP contribution in [0, 0.1) is 0 Å². The number of piperazine rings is 1. The van der Waals surface area contributed by atoms with E-state index in [9.17, 15) is 4.79 Å². The molecule has 2 heterocycles. The molecular weight excluding hydrogens is 386 g/mol. The molecule has 148 valence electrons. The maximum Gasteiger partial charge on any atom is 0.272 e. The number of hydrogen-bond acceptors (Lipinski definition) is 5. The summed E-state index contributed by atoms with van der Waals surface area (Å²) in [5.74, 6) is 0.167. The van der Waals surface area contributed by atoms with Gasteiger partial charge in [0, 0.05) is 43.6 Å². The number of halogens is 1. The number of amides is 1. The van der Waals surface area contributed by atoms with Gasteiger partial charge in [0.1, 0.15) is 11.5 Å². The number of nitrogens with zero attached hydrogens (tertiary/aromatic N) is 3. The number of carbonyl (C=O) groups is 1. The Bertz CT molecular complexity index is 1000. The van der Waals surface area contributed by atoms with Crippen LogP contribution in [-0.2, 0) is 0 Å². The largest absolute Gasteiger partial charge is 0.384 e. The van der Waals surface area contributed by atoms with E-state index in [2.05, 4.69) is 27.3 Å². The van der Waals surface area contributed by atoms with Gasteiger partial charge in [-0.05, 0) is 30.3 Å². The van der Waals surface area contributed by atoms with Crippen LogP contribution in [0.5, 0.6) is 0 Å². The van der Waals surface area contributed by atoms with Crippen LogP contribution in [0.1, 0.15) is 10.5 Å². The van der Waals surface area contributed by atoms with Gasteiger partial charge in [0.25, 0.3) is 5.91 Å². The SMILES string of the molecule is Nc1cc(Nc2ccccc2Cl)cc(C(=O)N2CCN(c3ccccc3)CC2)n1. The zero-order chi connectivity index (χ0) is 20.2. The minimum absolute atomic E-state index is 0.118. The van der Waals surface area contributed by atoms with Crippen molar-refractivity contribution in [2.45, 2.75) is 0 Å². The number of para-hydroxylation sites is 2. The second-order valence-electron chi connectivity index (χ2n) is 6.89.